The second-order valence-corrected chi connectivity index (χ2v) is 11.2. The number of carbonyl (C=O) groups is 3. The van der Waals surface area contributed by atoms with Gasteiger partial charge in [0.2, 0.25) is 11.8 Å². The van der Waals surface area contributed by atoms with Crippen LogP contribution in [-0.4, -0.2) is 52.1 Å². The summed E-state index contributed by atoms with van der Waals surface area (Å²) in [6.07, 6.45) is 4.35. The van der Waals surface area contributed by atoms with Gasteiger partial charge in [-0.15, -0.1) is 0 Å². The summed E-state index contributed by atoms with van der Waals surface area (Å²) in [5, 5.41) is 6.42. The number of thioether (sulfide) groups is 1. The van der Waals surface area contributed by atoms with Gasteiger partial charge in [0.05, 0.1) is 17.4 Å². The number of piperidine rings is 1. The lowest BCUT2D eigenvalue weighted by Crippen LogP contribution is -2.52. The number of nitrogens with zero attached hydrogens (tertiary/aromatic N) is 3. The van der Waals surface area contributed by atoms with Gasteiger partial charge in [-0.05, 0) is 67.8 Å². The van der Waals surface area contributed by atoms with Crippen molar-refractivity contribution in [3.05, 3.63) is 84.6 Å². The molecular weight excluding hydrogens is 526 g/mol. The minimum atomic E-state index is -0.537. The molecule has 204 valence electrons. The molecule has 3 aromatic rings. The highest BCUT2D eigenvalue weighted by Crippen LogP contribution is 2.51. The van der Waals surface area contributed by atoms with E-state index in [1.165, 1.54) is 17.8 Å². The first kappa shape index (κ1) is 25.9. The molecule has 1 saturated heterocycles. The SMILES string of the molecule is C=CC(=O)N1CCC(NC(=O)C2Sc3nccc4c3C2NC(=O)N4c2ccc(Oc3ccccc3)cc2C)CC1. The predicted molar refractivity (Wildman–Crippen MR) is 153 cm³/mol. The summed E-state index contributed by atoms with van der Waals surface area (Å²) in [7, 11) is 0. The van der Waals surface area contributed by atoms with Crippen molar-refractivity contribution in [2.24, 2.45) is 0 Å². The first-order valence-corrected chi connectivity index (χ1v) is 14.1. The van der Waals surface area contributed by atoms with E-state index in [1.54, 1.807) is 16.0 Å². The largest absolute Gasteiger partial charge is 0.457 e. The Morgan fingerprint density at radius 3 is 2.60 bits per heavy atom. The smallest absolute Gasteiger partial charge is 0.327 e. The van der Waals surface area contributed by atoms with E-state index in [0.29, 0.717) is 31.7 Å². The lowest BCUT2D eigenvalue weighted by Gasteiger charge is -2.35. The predicted octanol–water partition coefficient (Wildman–Crippen LogP) is 4.85. The molecule has 4 heterocycles. The number of benzene rings is 2. The number of pyridine rings is 1. The summed E-state index contributed by atoms with van der Waals surface area (Å²) >= 11 is 1.37. The quantitative estimate of drug-likeness (QED) is 0.422. The number of urea groups is 1. The zero-order valence-electron chi connectivity index (χ0n) is 22.0. The fourth-order valence-corrected chi connectivity index (χ4v) is 6.72. The lowest BCUT2D eigenvalue weighted by atomic mass is 9.98. The number of aryl methyl sites for hydroxylation is 1. The minimum Gasteiger partial charge on any atom is -0.457 e. The summed E-state index contributed by atoms with van der Waals surface area (Å²) < 4.78 is 5.97. The highest BCUT2D eigenvalue weighted by Gasteiger charge is 2.47. The average molecular weight is 556 g/mol. The third-order valence-electron chi connectivity index (χ3n) is 7.48. The number of hydrogen-bond donors (Lipinski definition) is 2. The number of rotatable bonds is 6. The van der Waals surface area contributed by atoms with Gasteiger partial charge < -0.3 is 20.3 Å². The van der Waals surface area contributed by atoms with E-state index in [9.17, 15) is 14.4 Å². The zero-order chi connectivity index (χ0) is 27.8. The van der Waals surface area contributed by atoms with E-state index in [1.807, 2.05) is 61.5 Å². The fraction of sp³-hybridized carbons (Fsp3) is 0.267. The van der Waals surface area contributed by atoms with Crippen LogP contribution in [-0.2, 0) is 9.59 Å². The topological polar surface area (TPSA) is 104 Å². The molecule has 1 aromatic heterocycles. The Morgan fingerprint density at radius 2 is 1.88 bits per heavy atom. The number of ether oxygens (including phenoxy) is 1. The van der Waals surface area contributed by atoms with Crippen LogP contribution in [0.5, 0.6) is 11.5 Å². The van der Waals surface area contributed by atoms with Gasteiger partial charge in [0, 0.05) is 30.9 Å². The van der Waals surface area contributed by atoms with Crippen molar-refractivity contribution < 1.29 is 19.1 Å². The first-order chi connectivity index (χ1) is 19.4. The first-order valence-electron chi connectivity index (χ1n) is 13.2. The Morgan fingerprint density at radius 1 is 1.10 bits per heavy atom. The molecule has 0 saturated carbocycles. The van der Waals surface area contributed by atoms with Crippen molar-refractivity contribution in [2.75, 3.05) is 18.0 Å². The van der Waals surface area contributed by atoms with Gasteiger partial charge in [0.1, 0.15) is 21.8 Å². The van der Waals surface area contributed by atoms with Gasteiger partial charge in [-0.1, -0.05) is 36.5 Å². The third-order valence-corrected chi connectivity index (χ3v) is 8.77. The number of para-hydroxylation sites is 1. The second-order valence-electron chi connectivity index (χ2n) is 10.0. The number of nitrogens with one attached hydrogen (secondary N) is 2. The standard InChI is InChI=1S/C30H29N5O4S/c1-3-24(36)34-15-12-19(13-16-34)32-28(37)27-26-25-23(11-14-31-29(25)40-27)35(30(38)33-26)22-10-9-21(17-18(22)2)39-20-7-5-4-6-8-20/h3-11,14,17,19,26-27H,1,12-13,15-16H2,2H3,(H,32,37)(H,33,38). The molecule has 9 nitrogen and oxygen atoms in total. The monoisotopic (exact) mass is 555 g/mol. The van der Waals surface area contributed by atoms with E-state index >= 15 is 0 Å². The van der Waals surface area contributed by atoms with E-state index < -0.39 is 11.3 Å². The lowest BCUT2D eigenvalue weighted by molar-refractivity contribution is -0.127. The van der Waals surface area contributed by atoms with Crippen LogP contribution in [0.2, 0.25) is 0 Å². The Hall–Kier alpha value is -4.31. The van der Waals surface area contributed by atoms with E-state index in [4.69, 9.17) is 4.74 Å². The minimum absolute atomic E-state index is 0.0341. The van der Waals surface area contributed by atoms with Crippen molar-refractivity contribution >= 4 is 41.0 Å². The molecule has 3 aliphatic rings. The van der Waals surface area contributed by atoms with Crippen LogP contribution in [0.4, 0.5) is 16.2 Å². The molecule has 2 N–H and O–H groups in total. The van der Waals surface area contributed by atoms with Crippen molar-refractivity contribution in [2.45, 2.75) is 42.1 Å². The van der Waals surface area contributed by atoms with Crippen LogP contribution < -0.4 is 20.3 Å². The Bertz CT molecular complexity index is 1490. The van der Waals surface area contributed by atoms with E-state index in [-0.39, 0.29) is 23.9 Å². The summed E-state index contributed by atoms with van der Waals surface area (Å²) in [6, 6.07) is 16.2. The van der Waals surface area contributed by atoms with Gasteiger partial charge in [-0.3, -0.25) is 14.5 Å². The summed E-state index contributed by atoms with van der Waals surface area (Å²) in [5.41, 5.74) is 3.16. The van der Waals surface area contributed by atoms with Gasteiger partial charge in [-0.2, -0.15) is 0 Å². The maximum atomic E-state index is 13.5. The number of hydrogen-bond acceptors (Lipinski definition) is 6. The second kappa shape index (κ2) is 10.7. The average Bonchev–Trinajstić information content (AvgIpc) is 3.34. The van der Waals surface area contributed by atoms with Gasteiger partial charge >= 0.3 is 6.03 Å². The maximum absolute atomic E-state index is 13.5. The molecule has 0 aliphatic carbocycles. The van der Waals surface area contributed by atoms with Gasteiger partial charge in [-0.25, -0.2) is 9.78 Å². The number of likely N-dealkylation sites (tertiary alicyclic amines) is 1. The van der Waals surface area contributed by atoms with Crippen molar-refractivity contribution in [1.29, 1.82) is 0 Å². The number of aromatic nitrogens is 1. The van der Waals surface area contributed by atoms with Gasteiger partial charge in [0.15, 0.2) is 0 Å². The molecule has 2 unspecified atom stereocenters. The summed E-state index contributed by atoms with van der Waals surface area (Å²) in [4.78, 5) is 46.8. The van der Waals surface area contributed by atoms with Crippen LogP contribution in [0.15, 0.2) is 78.5 Å². The van der Waals surface area contributed by atoms with Crippen LogP contribution in [0, 0.1) is 6.92 Å². The molecule has 0 bridgehead atoms. The number of carbonyl (C=O) groups excluding carboxylic acids is 3. The van der Waals surface area contributed by atoms with Crippen LogP contribution in [0.1, 0.15) is 30.0 Å². The zero-order valence-corrected chi connectivity index (χ0v) is 22.8. The Labute approximate surface area is 236 Å². The normalized spacial score (nSPS) is 20.0. The highest BCUT2D eigenvalue weighted by molar-refractivity contribution is 8.01. The molecule has 0 radical (unpaired) electrons. The Balaban J connectivity index is 1.20. The summed E-state index contributed by atoms with van der Waals surface area (Å²) in [6.45, 7) is 6.63. The molecule has 40 heavy (non-hydrogen) atoms. The van der Waals surface area contributed by atoms with Crippen molar-refractivity contribution in [3.63, 3.8) is 0 Å². The number of anilines is 2. The molecular formula is C30H29N5O4S. The van der Waals surface area contributed by atoms with Crippen molar-refractivity contribution in [3.8, 4) is 11.5 Å². The molecule has 3 aliphatic heterocycles. The van der Waals surface area contributed by atoms with Crippen LogP contribution >= 0.6 is 11.8 Å². The molecule has 10 heteroatoms. The molecule has 1 fully saturated rings. The molecule has 2 aromatic carbocycles. The molecule has 6 rings (SSSR count). The number of amides is 4. The van der Waals surface area contributed by atoms with Crippen LogP contribution in [0.3, 0.4) is 0 Å². The third kappa shape index (κ3) is 4.79. The van der Waals surface area contributed by atoms with E-state index in [2.05, 4.69) is 22.2 Å². The van der Waals surface area contributed by atoms with E-state index in [0.717, 1.165) is 33.3 Å². The fourth-order valence-electron chi connectivity index (χ4n) is 5.49. The highest BCUT2D eigenvalue weighted by atomic mass is 32.2. The molecule has 2 atom stereocenters. The van der Waals surface area contributed by atoms with Gasteiger partial charge in [0.25, 0.3) is 0 Å². The maximum Gasteiger partial charge on any atom is 0.327 e. The van der Waals surface area contributed by atoms with Crippen LogP contribution in [0.25, 0.3) is 0 Å². The molecule has 0 spiro atoms. The molecule has 4 amide bonds. The Kier molecular flexibility index (Phi) is 6.93. The van der Waals surface area contributed by atoms with Crippen molar-refractivity contribution in [1.82, 2.24) is 20.5 Å². The summed E-state index contributed by atoms with van der Waals surface area (Å²) in [5.74, 6) is 1.18.